The normalized spacial score (nSPS) is 25.5. The number of aromatic nitrogens is 1. The maximum absolute atomic E-state index is 13.4. The van der Waals surface area contributed by atoms with Gasteiger partial charge in [0, 0.05) is 49.2 Å². The zero-order valence-electron chi connectivity index (χ0n) is 16.5. The minimum absolute atomic E-state index is 0.0135. The molecule has 2 fully saturated rings. The second-order valence-electron chi connectivity index (χ2n) is 8.50. The molecule has 0 saturated carbocycles. The van der Waals surface area contributed by atoms with E-state index in [1.165, 1.54) is 6.20 Å². The van der Waals surface area contributed by atoms with E-state index in [9.17, 15) is 18.0 Å². The molecular weight excluding hydrogens is 379 g/mol. The van der Waals surface area contributed by atoms with Gasteiger partial charge >= 0.3 is 6.18 Å². The van der Waals surface area contributed by atoms with Gasteiger partial charge in [-0.3, -0.25) is 9.78 Å². The highest BCUT2D eigenvalue weighted by atomic mass is 19.4. The van der Waals surface area contributed by atoms with Crippen molar-refractivity contribution < 1.29 is 18.0 Å². The third kappa shape index (κ3) is 4.25. The van der Waals surface area contributed by atoms with E-state index in [-0.39, 0.29) is 17.4 Å². The van der Waals surface area contributed by atoms with Crippen molar-refractivity contribution in [2.75, 3.05) is 31.1 Å². The number of piperidine rings is 1. The van der Waals surface area contributed by atoms with Crippen molar-refractivity contribution in [1.29, 1.82) is 0 Å². The van der Waals surface area contributed by atoms with Gasteiger partial charge in [-0.2, -0.15) is 13.2 Å². The van der Waals surface area contributed by atoms with Crippen LogP contribution < -0.4 is 10.2 Å². The molecule has 3 heterocycles. The number of pyridine rings is 1. The molecule has 2 aliphatic rings. The summed E-state index contributed by atoms with van der Waals surface area (Å²) in [4.78, 5) is 18.8. The molecule has 0 radical (unpaired) electrons. The maximum atomic E-state index is 13.4. The SMILES string of the molecule is C[C@H]1C[C@@H](CC(=O)[C@@H]2CCNC2)CN(c2ccc(C(F)(F)F)c3ncccc23)C1. The van der Waals surface area contributed by atoms with Crippen LogP contribution >= 0.6 is 0 Å². The molecule has 1 aromatic carbocycles. The molecule has 1 aromatic heterocycles. The monoisotopic (exact) mass is 405 g/mol. The zero-order chi connectivity index (χ0) is 20.6. The Balaban J connectivity index is 1.60. The Hall–Kier alpha value is -2.15. The molecule has 2 aromatic rings. The number of carbonyl (C=O) groups is 1. The zero-order valence-corrected chi connectivity index (χ0v) is 16.5. The van der Waals surface area contributed by atoms with Crippen molar-refractivity contribution in [3.8, 4) is 0 Å². The molecule has 3 atom stereocenters. The summed E-state index contributed by atoms with van der Waals surface area (Å²) in [7, 11) is 0. The highest BCUT2D eigenvalue weighted by Gasteiger charge is 2.35. The Labute approximate surface area is 168 Å². The minimum atomic E-state index is -4.44. The number of ketones is 1. The highest BCUT2D eigenvalue weighted by Crippen LogP contribution is 2.39. The van der Waals surface area contributed by atoms with E-state index in [0.717, 1.165) is 44.2 Å². The van der Waals surface area contributed by atoms with E-state index in [0.29, 0.717) is 30.1 Å². The summed E-state index contributed by atoms with van der Waals surface area (Å²) in [6.45, 7) is 5.26. The Morgan fingerprint density at radius 1 is 1.28 bits per heavy atom. The van der Waals surface area contributed by atoms with Gasteiger partial charge in [0.05, 0.1) is 11.1 Å². The third-order valence-electron chi connectivity index (χ3n) is 6.14. The average molecular weight is 405 g/mol. The fraction of sp³-hybridized carbons (Fsp3) is 0.545. The van der Waals surface area contributed by atoms with E-state index in [2.05, 4.69) is 22.1 Å². The van der Waals surface area contributed by atoms with Gasteiger partial charge in [0.2, 0.25) is 0 Å². The van der Waals surface area contributed by atoms with Crippen LogP contribution in [0.1, 0.15) is 31.7 Å². The van der Waals surface area contributed by atoms with Crippen LogP contribution in [0.15, 0.2) is 30.5 Å². The van der Waals surface area contributed by atoms with Crippen molar-refractivity contribution in [3.63, 3.8) is 0 Å². The molecule has 156 valence electrons. The first-order chi connectivity index (χ1) is 13.8. The summed E-state index contributed by atoms with van der Waals surface area (Å²) in [6, 6.07) is 6.07. The predicted molar refractivity (Wildman–Crippen MR) is 107 cm³/mol. The van der Waals surface area contributed by atoms with Crippen molar-refractivity contribution in [3.05, 3.63) is 36.0 Å². The fourth-order valence-corrected chi connectivity index (χ4v) is 4.87. The second-order valence-corrected chi connectivity index (χ2v) is 8.50. The molecule has 1 N–H and O–H groups in total. The standard InChI is InChI=1S/C22H26F3N3O/c1-14-9-15(10-20(29)16-6-8-26-11-16)13-28(12-14)19-5-4-18(22(23,24)25)21-17(19)3-2-7-27-21/h2-5,7,14-16,26H,6,8-13H2,1H3/t14-,15-,16+/m0/s1. The number of carbonyl (C=O) groups excluding carboxylic acids is 1. The van der Waals surface area contributed by atoms with Crippen LogP contribution in [0.2, 0.25) is 0 Å². The van der Waals surface area contributed by atoms with E-state index >= 15 is 0 Å². The van der Waals surface area contributed by atoms with Gasteiger partial charge in [-0.05, 0) is 55.5 Å². The number of anilines is 1. The van der Waals surface area contributed by atoms with E-state index in [1.807, 2.05) is 0 Å². The number of alkyl halides is 3. The molecule has 29 heavy (non-hydrogen) atoms. The second kappa shape index (κ2) is 7.94. The van der Waals surface area contributed by atoms with Gasteiger partial charge in [0.15, 0.2) is 0 Å². The lowest BCUT2D eigenvalue weighted by atomic mass is 9.84. The van der Waals surface area contributed by atoms with Gasteiger partial charge < -0.3 is 10.2 Å². The van der Waals surface area contributed by atoms with Gasteiger partial charge in [-0.1, -0.05) is 6.92 Å². The van der Waals surface area contributed by atoms with Crippen LogP contribution in [0.25, 0.3) is 10.9 Å². The van der Waals surface area contributed by atoms with E-state index in [1.54, 1.807) is 18.2 Å². The Bertz CT molecular complexity index is 892. The Morgan fingerprint density at radius 2 is 2.10 bits per heavy atom. The van der Waals surface area contributed by atoms with Crippen molar-refractivity contribution in [1.82, 2.24) is 10.3 Å². The number of fused-ring (bicyclic) bond motifs is 1. The van der Waals surface area contributed by atoms with Crippen molar-refractivity contribution in [2.45, 2.75) is 32.4 Å². The lowest BCUT2D eigenvalue weighted by Gasteiger charge is -2.38. The third-order valence-corrected chi connectivity index (χ3v) is 6.14. The maximum Gasteiger partial charge on any atom is 0.418 e. The number of nitrogens with zero attached hydrogens (tertiary/aromatic N) is 2. The van der Waals surface area contributed by atoms with E-state index < -0.39 is 11.7 Å². The number of nitrogens with one attached hydrogen (secondary N) is 1. The number of halogens is 3. The predicted octanol–water partition coefficient (Wildman–Crippen LogP) is 4.28. The first-order valence-electron chi connectivity index (χ1n) is 10.3. The number of hydrogen-bond donors (Lipinski definition) is 1. The number of Topliss-reactive ketones (excluding diaryl/α,β-unsaturated/α-hetero) is 1. The van der Waals surface area contributed by atoms with E-state index in [4.69, 9.17) is 0 Å². The van der Waals surface area contributed by atoms with Crippen molar-refractivity contribution >= 4 is 22.4 Å². The van der Waals surface area contributed by atoms with Gasteiger partial charge in [-0.15, -0.1) is 0 Å². The first kappa shape index (κ1) is 20.1. The van der Waals surface area contributed by atoms with Crippen LogP contribution in [-0.2, 0) is 11.0 Å². The van der Waals surface area contributed by atoms with Crippen LogP contribution in [-0.4, -0.2) is 36.9 Å². The lowest BCUT2D eigenvalue weighted by Crippen LogP contribution is -2.41. The molecule has 2 aliphatic heterocycles. The van der Waals surface area contributed by atoms with Crippen LogP contribution in [0.4, 0.5) is 18.9 Å². The largest absolute Gasteiger partial charge is 0.418 e. The lowest BCUT2D eigenvalue weighted by molar-refractivity contribution is -0.136. The highest BCUT2D eigenvalue weighted by molar-refractivity contribution is 5.94. The fourth-order valence-electron chi connectivity index (χ4n) is 4.87. The summed E-state index contributed by atoms with van der Waals surface area (Å²) in [5.41, 5.74) is 0.0513. The summed E-state index contributed by atoms with van der Waals surface area (Å²) >= 11 is 0. The Kier molecular flexibility index (Phi) is 5.51. The molecule has 0 bridgehead atoms. The molecule has 2 saturated heterocycles. The molecule has 4 rings (SSSR count). The van der Waals surface area contributed by atoms with Crippen LogP contribution in [0.5, 0.6) is 0 Å². The molecular formula is C22H26F3N3O. The minimum Gasteiger partial charge on any atom is -0.370 e. The molecule has 7 heteroatoms. The topological polar surface area (TPSA) is 45.2 Å². The smallest absolute Gasteiger partial charge is 0.370 e. The van der Waals surface area contributed by atoms with Gasteiger partial charge in [-0.25, -0.2) is 0 Å². The number of rotatable bonds is 4. The number of hydrogen-bond acceptors (Lipinski definition) is 4. The van der Waals surface area contributed by atoms with Crippen molar-refractivity contribution in [2.24, 2.45) is 17.8 Å². The summed E-state index contributed by atoms with van der Waals surface area (Å²) in [5.74, 6) is 1.02. The summed E-state index contributed by atoms with van der Waals surface area (Å²) in [6.07, 6.45) is -0.620. The van der Waals surface area contributed by atoms with Gasteiger partial charge in [0.1, 0.15) is 5.78 Å². The number of benzene rings is 1. The summed E-state index contributed by atoms with van der Waals surface area (Å²) in [5, 5.41) is 3.76. The molecule has 0 amide bonds. The molecule has 0 unspecified atom stereocenters. The quantitative estimate of drug-likeness (QED) is 0.825. The molecule has 4 nitrogen and oxygen atoms in total. The van der Waals surface area contributed by atoms with Crippen LogP contribution in [0.3, 0.4) is 0 Å². The molecule has 0 spiro atoms. The summed E-state index contributed by atoms with van der Waals surface area (Å²) < 4.78 is 40.2. The molecule has 0 aliphatic carbocycles. The first-order valence-corrected chi connectivity index (χ1v) is 10.3. The van der Waals surface area contributed by atoms with Gasteiger partial charge in [0.25, 0.3) is 0 Å². The Morgan fingerprint density at radius 3 is 2.83 bits per heavy atom. The average Bonchev–Trinajstić information content (AvgIpc) is 3.21. The van der Waals surface area contributed by atoms with Crippen LogP contribution in [0, 0.1) is 17.8 Å².